The topological polar surface area (TPSA) is 47.4 Å². The van der Waals surface area contributed by atoms with Gasteiger partial charge in [0.15, 0.2) is 0 Å². The van der Waals surface area contributed by atoms with Gasteiger partial charge in [-0.2, -0.15) is 5.10 Å². The molecular weight excluding hydrogens is 346 g/mol. The zero-order valence-corrected chi connectivity index (χ0v) is 14.4. The molecule has 0 saturated heterocycles. The highest BCUT2D eigenvalue weighted by Gasteiger charge is 2.29. The van der Waals surface area contributed by atoms with Crippen molar-refractivity contribution < 1.29 is 9.53 Å². The van der Waals surface area contributed by atoms with E-state index in [9.17, 15) is 4.79 Å². The molecule has 3 rings (SSSR count). The van der Waals surface area contributed by atoms with Crippen LogP contribution in [-0.4, -0.2) is 26.4 Å². The van der Waals surface area contributed by atoms with Gasteiger partial charge in [0.1, 0.15) is 5.60 Å². The largest absolute Gasteiger partial charge is 0.444 e. The number of aromatic nitrogens is 2. The number of hydrogen-bond acceptors (Lipinski definition) is 3. The van der Waals surface area contributed by atoms with Gasteiger partial charge in [-0.3, -0.25) is 4.90 Å². The first-order valence-electron chi connectivity index (χ1n) is 7.13. The summed E-state index contributed by atoms with van der Waals surface area (Å²) in [5.74, 6) is 0. The lowest BCUT2D eigenvalue weighted by Gasteiger charge is -2.24. The highest BCUT2D eigenvalue weighted by atomic mass is 79.9. The first-order valence-corrected chi connectivity index (χ1v) is 7.92. The van der Waals surface area contributed by atoms with Gasteiger partial charge in [-0.25, -0.2) is 9.48 Å². The van der Waals surface area contributed by atoms with E-state index < -0.39 is 5.60 Å². The van der Waals surface area contributed by atoms with E-state index in [1.54, 1.807) is 4.90 Å². The van der Waals surface area contributed by atoms with Crippen LogP contribution in [0.15, 0.2) is 34.9 Å². The molecule has 2 aromatic rings. The van der Waals surface area contributed by atoms with Crippen LogP contribution in [0, 0.1) is 0 Å². The second-order valence-corrected chi connectivity index (χ2v) is 7.27. The molecule has 1 aromatic carbocycles. The fourth-order valence-electron chi connectivity index (χ4n) is 2.33. The molecule has 1 aliphatic heterocycles. The number of carbonyl (C=O) groups excluding carboxylic acids is 1. The number of amides is 1. The molecule has 2 heterocycles. The van der Waals surface area contributed by atoms with Gasteiger partial charge in [0, 0.05) is 16.2 Å². The number of carbonyl (C=O) groups is 1. The van der Waals surface area contributed by atoms with Gasteiger partial charge >= 0.3 is 6.09 Å². The Kier molecular flexibility index (Phi) is 3.72. The average molecular weight is 364 g/mol. The minimum absolute atomic E-state index is 0.291. The molecule has 1 aromatic heterocycles. The molecule has 0 fully saturated rings. The zero-order chi connectivity index (χ0) is 15.9. The van der Waals surface area contributed by atoms with Gasteiger partial charge in [-0.1, -0.05) is 15.9 Å². The van der Waals surface area contributed by atoms with E-state index in [2.05, 4.69) is 21.0 Å². The van der Waals surface area contributed by atoms with Crippen LogP contribution in [-0.2, 0) is 17.8 Å². The summed E-state index contributed by atoms with van der Waals surface area (Å²) in [5, 5.41) is 4.57. The molecule has 0 aliphatic carbocycles. The number of halogens is 1. The van der Waals surface area contributed by atoms with Gasteiger partial charge in [0.25, 0.3) is 0 Å². The molecule has 0 spiro atoms. The van der Waals surface area contributed by atoms with Crippen LogP contribution >= 0.6 is 15.9 Å². The van der Waals surface area contributed by atoms with E-state index in [0.717, 1.165) is 21.4 Å². The van der Waals surface area contributed by atoms with E-state index in [1.807, 2.05) is 55.9 Å². The minimum atomic E-state index is -0.478. The molecule has 0 saturated carbocycles. The Morgan fingerprint density at radius 3 is 2.50 bits per heavy atom. The standard InChI is InChI=1S/C16H18BrN3O2/c1-16(2,3)22-15(21)19-8-11-9-20(18-14(11)10-19)13-6-4-12(17)5-7-13/h4-7,9H,8,10H2,1-3H3. The van der Waals surface area contributed by atoms with Gasteiger partial charge in [-0.05, 0) is 45.0 Å². The van der Waals surface area contributed by atoms with Crippen LogP contribution in [0.3, 0.4) is 0 Å². The van der Waals surface area contributed by atoms with Crippen molar-refractivity contribution in [2.75, 3.05) is 0 Å². The Labute approximate surface area is 138 Å². The molecule has 0 bridgehead atoms. The second kappa shape index (κ2) is 5.43. The summed E-state index contributed by atoms with van der Waals surface area (Å²) in [5.41, 5.74) is 2.51. The number of benzene rings is 1. The normalized spacial score (nSPS) is 14.1. The SMILES string of the molecule is CC(C)(C)OC(=O)N1Cc2cn(-c3ccc(Br)cc3)nc2C1. The summed E-state index contributed by atoms with van der Waals surface area (Å²) in [6, 6.07) is 7.96. The summed E-state index contributed by atoms with van der Waals surface area (Å²) >= 11 is 3.42. The van der Waals surface area contributed by atoms with Crippen LogP contribution < -0.4 is 0 Å². The molecule has 1 amide bonds. The van der Waals surface area contributed by atoms with Crippen molar-refractivity contribution in [1.82, 2.24) is 14.7 Å². The first kappa shape index (κ1) is 15.1. The van der Waals surface area contributed by atoms with E-state index >= 15 is 0 Å². The molecule has 0 radical (unpaired) electrons. The lowest BCUT2D eigenvalue weighted by Crippen LogP contribution is -2.33. The monoisotopic (exact) mass is 363 g/mol. The van der Waals surface area contributed by atoms with E-state index in [-0.39, 0.29) is 6.09 Å². The van der Waals surface area contributed by atoms with Gasteiger partial charge in [0.2, 0.25) is 0 Å². The smallest absolute Gasteiger partial charge is 0.410 e. The van der Waals surface area contributed by atoms with Crippen LogP contribution in [0.25, 0.3) is 5.69 Å². The Balaban J connectivity index is 1.73. The van der Waals surface area contributed by atoms with Gasteiger partial charge < -0.3 is 4.74 Å². The maximum atomic E-state index is 12.1. The number of ether oxygens (including phenoxy) is 1. The molecule has 6 heteroatoms. The molecule has 0 unspecified atom stereocenters. The average Bonchev–Trinajstić information content (AvgIpc) is 2.95. The fourth-order valence-corrected chi connectivity index (χ4v) is 2.60. The number of nitrogens with zero attached hydrogens (tertiary/aromatic N) is 3. The summed E-state index contributed by atoms with van der Waals surface area (Å²) in [4.78, 5) is 13.8. The first-order chi connectivity index (χ1) is 10.3. The van der Waals surface area contributed by atoms with Crippen molar-refractivity contribution in [3.05, 3.63) is 46.2 Å². The Bertz CT molecular complexity index is 678. The third-order valence-corrected chi connectivity index (χ3v) is 3.85. The zero-order valence-electron chi connectivity index (χ0n) is 12.8. The summed E-state index contributed by atoms with van der Waals surface area (Å²) in [7, 11) is 0. The third kappa shape index (κ3) is 3.16. The highest BCUT2D eigenvalue weighted by molar-refractivity contribution is 9.10. The second-order valence-electron chi connectivity index (χ2n) is 6.36. The number of fused-ring (bicyclic) bond motifs is 1. The lowest BCUT2D eigenvalue weighted by molar-refractivity contribution is 0.0239. The molecular formula is C16H18BrN3O2. The van der Waals surface area contributed by atoms with Gasteiger partial charge in [0.05, 0.1) is 24.5 Å². The molecule has 0 N–H and O–H groups in total. The quantitative estimate of drug-likeness (QED) is 0.772. The minimum Gasteiger partial charge on any atom is -0.444 e. The van der Waals surface area contributed by atoms with Crippen molar-refractivity contribution >= 4 is 22.0 Å². The van der Waals surface area contributed by atoms with Crippen molar-refractivity contribution in [2.45, 2.75) is 39.5 Å². The van der Waals surface area contributed by atoms with Crippen LogP contribution in [0.2, 0.25) is 0 Å². The summed E-state index contributed by atoms with van der Waals surface area (Å²) < 4.78 is 8.28. The van der Waals surface area contributed by atoms with Crippen LogP contribution in [0.5, 0.6) is 0 Å². The predicted molar refractivity (Wildman–Crippen MR) is 86.7 cm³/mol. The van der Waals surface area contributed by atoms with Crippen molar-refractivity contribution in [1.29, 1.82) is 0 Å². The van der Waals surface area contributed by atoms with Crippen molar-refractivity contribution in [2.24, 2.45) is 0 Å². The molecule has 116 valence electrons. The molecule has 1 aliphatic rings. The number of hydrogen-bond donors (Lipinski definition) is 0. The molecule has 0 atom stereocenters. The maximum absolute atomic E-state index is 12.1. The summed E-state index contributed by atoms with van der Waals surface area (Å²) in [6.45, 7) is 6.64. The van der Waals surface area contributed by atoms with E-state index in [4.69, 9.17) is 4.74 Å². The Morgan fingerprint density at radius 2 is 1.91 bits per heavy atom. The van der Waals surface area contributed by atoms with Crippen LogP contribution in [0.1, 0.15) is 32.0 Å². The maximum Gasteiger partial charge on any atom is 0.410 e. The number of rotatable bonds is 1. The third-order valence-electron chi connectivity index (χ3n) is 3.32. The fraction of sp³-hybridized carbons (Fsp3) is 0.375. The predicted octanol–water partition coefficient (Wildman–Crippen LogP) is 3.89. The highest BCUT2D eigenvalue weighted by Crippen LogP contribution is 2.25. The Morgan fingerprint density at radius 1 is 1.23 bits per heavy atom. The Hall–Kier alpha value is -1.82. The van der Waals surface area contributed by atoms with Gasteiger partial charge in [-0.15, -0.1) is 0 Å². The van der Waals surface area contributed by atoms with E-state index in [1.165, 1.54) is 0 Å². The molecule has 22 heavy (non-hydrogen) atoms. The lowest BCUT2D eigenvalue weighted by atomic mass is 10.2. The molecule has 5 nitrogen and oxygen atoms in total. The van der Waals surface area contributed by atoms with Crippen molar-refractivity contribution in [3.8, 4) is 5.69 Å². The summed E-state index contributed by atoms with van der Waals surface area (Å²) in [6.07, 6.45) is 1.68. The van der Waals surface area contributed by atoms with Crippen LogP contribution in [0.4, 0.5) is 4.79 Å². The van der Waals surface area contributed by atoms with E-state index in [0.29, 0.717) is 13.1 Å². The van der Waals surface area contributed by atoms with Crippen molar-refractivity contribution in [3.63, 3.8) is 0 Å².